The summed E-state index contributed by atoms with van der Waals surface area (Å²) in [5.74, 6) is 0.685. The van der Waals surface area contributed by atoms with Crippen molar-refractivity contribution in [3.05, 3.63) is 46.4 Å². The van der Waals surface area contributed by atoms with Gasteiger partial charge < -0.3 is 4.90 Å². The third kappa shape index (κ3) is 2.05. The summed E-state index contributed by atoms with van der Waals surface area (Å²) in [6.07, 6.45) is 6.80. The summed E-state index contributed by atoms with van der Waals surface area (Å²) in [7, 11) is 0. The molecule has 0 N–H and O–H groups in total. The maximum atomic E-state index is 12.5. The second kappa shape index (κ2) is 5.17. The molecule has 0 amide bonds. The Balaban J connectivity index is 2.27. The second-order valence-corrected chi connectivity index (χ2v) is 4.74. The molecule has 2 aromatic heterocycles. The van der Waals surface area contributed by atoms with Crippen molar-refractivity contribution in [2.45, 2.75) is 12.8 Å². The van der Waals surface area contributed by atoms with Crippen molar-refractivity contribution in [3.8, 4) is 6.07 Å². The highest BCUT2D eigenvalue weighted by atomic mass is 16.1. The molecule has 1 aliphatic heterocycles. The largest absolute Gasteiger partial charge is 0.356 e. The van der Waals surface area contributed by atoms with Crippen molar-refractivity contribution < 1.29 is 0 Å². The Labute approximate surface area is 116 Å². The number of anilines is 1. The number of fused-ring (bicyclic) bond motifs is 1. The number of hydrogen-bond acceptors (Lipinski definition) is 4. The molecule has 1 fully saturated rings. The van der Waals surface area contributed by atoms with Gasteiger partial charge in [0, 0.05) is 25.4 Å². The van der Waals surface area contributed by atoms with Gasteiger partial charge in [-0.3, -0.25) is 9.20 Å². The van der Waals surface area contributed by atoms with E-state index in [4.69, 9.17) is 5.26 Å². The lowest BCUT2D eigenvalue weighted by Crippen LogP contribution is -2.26. The van der Waals surface area contributed by atoms with Crippen molar-refractivity contribution in [3.63, 3.8) is 0 Å². The van der Waals surface area contributed by atoms with Crippen LogP contribution in [0.4, 0.5) is 5.82 Å². The maximum absolute atomic E-state index is 12.5. The molecule has 0 radical (unpaired) electrons. The standard InChI is InChI=1S/C15H14N4O/c16-8-5-6-12-14(18-9-3-4-10-18)17-13-7-1-2-11-19(13)15(12)20/h1-2,5-7,11H,3-4,9-10H2/b6-5+. The first kappa shape index (κ1) is 12.4. The molecular formula is C15H14N4O. The van der Waals surface area contributed by atoms with Crippen LogP contribution in [0.5, 0.6) is 0 Å². The molecule has 5 heteroatoms. The normalized spacial score (nSPS) is 15.1. The number of pyridine rings is 1. The van der Waals surface area contributed by atoms with Crippen LogP contribution in [0.15, 0.2) is 35.3 Å². The highest BCUT2D eigenvalue weighted by Gasteiger charge is 2.19. The van der Waals surface area contributed by atoms with E-state index in [0.29, 0.717) is 17.0 Å². The van der Waals surface area contributed by atoms with Crippen molar-refractivity contribution in [1.82, 2.24) is 9.38 Å². The van der Waals surface area contributed by atoms with Crippen LogP contribution in [-0.2, 0) is 0 Å². The smallest absolute Gasteiger partial charge is 0.267 e. The van der Waals surface area contributed by atoms with Gasteiger partial charge >= 0.3 is 0 Å². The first-order valence-corrected chi connectivity index (χ1v) is 6.64. The summed E-state index contributed by atoms with van der Waals surface area (Å²) < 4.78 is 1.51. The van der Waals surface area contributed by atoms with Crippen LogP contribution in [0.25, 0.3) is 11.7 Å². The summed E-state index contributed by atoms with van der Waals surface area (Å²) in [5.41, 5.74) is 0.981. The Bertz CT molecular complexity index is 764. The van der Waals surface area contributed by atoms with Gasteiger partial charge in [0.25, 0.3) is 5.56 Å². The molecule has 100 valence electrons. The fourth-order valence-corrected chi connectivity index (χ4v) is 2.53. The van der Waals surface area contributed by atoms with E-state index in [1.807, 2.05) is 18.2 Å². The van der Waals surface area contributed by atoms with Crippen LogP contribution in [-0.4, -0.2) is 22.5 Å². The van der Waals surface area contributed by atoms with Crippen LogP contribution >= 0.6 is 0 Å². The highest BCUT2D eigenvalue weighted by molar-refractivity contribution is 5.67. The SMILES string of the molecule is N#C/C=C/c1c(N2CCCC2)nc2ccccn2c1=O. The molecule has 0 bridgehead atoms. The van der Waals surface area contributed by atoms with E-state index in [9.17, 15) is 4.79 Å². The summed E-state index contributed by atoms with van der Waals surface area (Å²) in [6, 6.07) is 7.41. The second-order valence-electron chi connectivity index (χ2n) is 4.74. The Morgan fingerprint density at radius 1 is 1.30 bits per heavy atom. The van der Waals surface area contributed by atoms with E-state index < -0.39 is 0 Å². The van der Waals surface area contributed by atoms with Gasteiger partial charge in [-0.05, 0) is 31.1 Å². The zero-order valence-electron chi connectivity index (χ0n) is 11.0. The lowest BCUT2D eigenvalue weighted by molar-refractivity contribution is 0.915. The van der Waals surface area contributed by atoms with Gasteiger partial charge in [0.15, 0.2) is 0 Å². The predicted octanol–water partition coefficient (Wildman–Crippen LogP) is 1.83. The molecule has 0 saturated carbocycles. The van der Waals surface area contributed by atoms with E-state index in [-0.39, 0.29) is 5.56 Å². The third-order valence-electron chi connectivity index (χ3n) is 3.48. The van der Waals surface area contributed by atoms with Crippen LogP contribution in [0.3, 0.4) is 0 Å². The molecule has 0 aliphatic carbocycles. The molecule has 3 heterocycles. The highest BCUT2D eigenvalue weighted by Crippen LogP contribution is 2.22. The van der Waals surface area contributed by atoms with E-state index >= 15 is 0 Å². The van der Waals surface area contributed by atoms with Gasteiger partial charge in [0.2, 0.25) is 0 Å². The Hall–Kier alpha value is -2.61. The number of aromatic nitrogens is 2. The Morgan fingerprint density at radius 2 is 2.10 bits per heavy atom. The molecule has 0 aromatic carbocycles. The van der Waals surface area contributed by atoms with Gasteiger partial charge in [0.1, 0.15) is 11.5 Å². The molecule has 3 rings (SSSR count). The molecule has 1 aliphatic rings. The van der Waals surface area contributed by atoms with Gasteiger partial charge in [-0.2, -0.15) is 5.26 Å². The van der Waals surface area contributed by atoms with Crippen molar-refractivity contribution in [2.24, 2.45) is 0 Å². The minimum atomic E-state index is -0.135. The molecule has 0 atom stereocenters. The van der Waals surface area contributed by atoms with Crippen LogP contribution < -0.4 is 10.5 Å². The zero-order chi connectivity index (χ0) is 13.9. The Morgan fingerprint density at radius 3 is 2.85 bits per heavy atom. The van der Waals surface area contributed by atoms with E-state index in [1.54, 1.807) is 18.3 Å². The molecular weight excluding hydrogens is 252 g/mol. The molecule has 1 saturated heterocycles. The zero-order valence-corrected chi connectivity index (χ0v) is 11.0. The monoisotopic (exact) mass is 266 g/mol. The van der Waals surface area contributed by atoms with Gasteiger partial charge in [-0.25, -0.2) is 4.98 Å². The summed E-state index contributed by atoms with van der Waals surface area (Å²) in [5, 5.41) is 8.71. The summed E-state index contributed by atoms with van der Waals surface area (Å²) >= 11 is 0. The number of hydrogen-bond donors (Lipinski definition) is 0. The average molecular weight is 266 g/mol. The van der Waals surface area contributed by atoms with Crippen LogP contribution in [0, 0.1) is 11.3 Å². The van der Waals surface area contributed by atoms with Crippen LogP contribution in [0.1, 0.15) is 18.4 Å². The topological polar surface area (TPSA) is 61.4 Å². The summed E-state index contributed by atoms with van der Waals surface area (Å²) in [4.78, 5) is 19.3. The molecule has 2 aromatic rings. The molecule has 5 nitrogen and oxygen atoms in total. The lowest BCUT2D eigenvalue weighted by atomic mass is 10.2. The fraction of sp³-hybridized carbons (Fsp3) is 0.267. The van der Waals surface area contributed by atoms with E-state index in [1.165, 1.54) is 10.5 Å². The minimum Gasteiger partial charge on any atom is -0.356 e. The third-order valence-corrected chi connectivity index (χ3v) is 3.48. The first-order valence-electron chi connectivity index (χ1n) is 6.64. The fourth-order valence-electron chi connectivity index (χ4n) is 2.53. The first-order chi connectivity index (χ1) is 9.81. The Kier molecular flexibility index (Phi) is 3.21. The lowest BCUT2D eigenvalue weighted by Gasteiger charge is -2.19. The maximum Gasteiger partial charge on any atom is 0.267 e. The van der Waals surface area contributed by atoms with E-state index in [2.05, 4.69) is 9.88 Å². The minimum absolute atomic E-state index is 0.135. The van der Waals surface area contributed by atoms with Gasteiger partial charge in [-0.15, -0.1) is 0 Å². The molecule has 0 unspecified atom stereocenters. The van der Waals surface area contributed by atoms with Crippen molar-refractivity contribution in [2.75, 3.05) is 18.0 Å². The number of nitrogens with zero attached hydrogens (tertiary/aromatic N) is 4. The van der Waals surface area contributed by atoms with Gasteiger partial charge in [-0.1, -0.05) is 6.07 Å². The van der Waals surface area contributed by atoms with Crippen molar-refractivity contribution in [1.29, 1.82) is 5.26 Å². The number of rotatable bonds is 2. The van der Waals surface area contributed by atoms with Gasteiger partial charge in [0.05, 0.1) is 11.6 Å². The number of nitriles is 1. The quantitative estimate of drug-likeness (QED) is 0.778. The predicted molar refractivity (Wildman–Crippen MR) is 77.6 cm³/mol. The molecule has 20 heavy (non-hydrogen) atoms. The number of allylic oxidation sites excluding steroid dienone is 1. The van der Waals surface area contributed by atoms with Crippen LogP contribution in [0.2, 0.25) is 0 Å². The molecule has 0 spiro atoms. The average Bonchev–Trinajstić information content (AvgIpc) is 3.00. The van der Waals surface area contributed by atoms with E-state index in [0.717, 1.165) is 25.9 Å². The van der Waals surface area contributed by atoms with Crippen molar-refractivity contribution >= 4 is 17.5 Å². The summed E-state index contributed by atoms with van der Waals surface area (Å²) in [6.45, 7) is 1.81.